The Labute approximate surface area is 137 Å². The number of aromatic nitrogens is 1. The van der Waals surface area contributed by atoms with Crippen molar-refractivity contribution in [1.29, 1.82) is 0 Å². The van der Waals surface area contributed by atoms with Crippen LogP contribution < -0.4 is 5.32 Å². The summed E-state index contributed by atoms with van der Waals surface area (Å²) in [6.07, 6.45) is 11.0. The lowest BCUT2D eigenvalue weighted by atomic mass is 9.48. The van der Waals surface area contributed by atoms with E-state index in [1.54, 1.807) is 12.4 Å². The van der Waals surface area contributed by atoms with Crippen molar-refractivity contribution in [2.24, 2.45) is 23.2 Å². The van der Waals surface area contributed by atoms with E-state index in [0.717, 1.165) is 23.3 Å². The van der Waals surface area contributed by atoms with Crippen molar-refractivity contribution < 1.29 is 9.90 Å². The summed E-state index contributed by atoms with van der Waals surface area (Å²) in [6.45, 7) is 0.399. The number of nitrogens with zero attached hydrogens (tertiary/aromatic N) is 1. The highest BCUT2D eigenvalue weighted by atomic mass is 16.3. The van der Waals surface area contributed by atoms with Crippen molar-refractivity contribution in [3.8, 4) is 0 Å². The van der Waals surface area contributed by atoms with Gasteiger partial charge >= 0.3 is 0 Å². The van der Waals surface area contributed by atoms with Gasteiger partial charge in [0.15, 0.2) is 0 Å². The number of carbonyl (C=O) groups excluding carboxylic acids is 1. The Morgan fingerprint density at radius 1 is 1.17 bits per heavy atom. The number of pyridine rings is 1. The minimum absolute atomic E-state index is 0.0139. The lowest BCUT2D eigenvalue weighted by molar-refractivity contribution is -0.128. The van der Waals surface area contributed by atoms with Crippen LogP contribution in [0.2, 0.25) is 0 Å². The molecule has 4 fully saturated rings. The van der Waals surface area contributed by atoms with E-state index in [9.17, 15) is 9.90 Å². The lowest BCUT2D eigenvalue weighted by Gasteiger charge is -2.58. The number of amides is 1. The first kappa shape index (κ1) is 15.1. The maximum Gasteiger partial charge on any atom is 0.224 e. The number of rotatable bonds is 5. The average Bonchev–Trinajstić information content (AvgIpc) is 2.52. The molecule has 4 aliphatic carbocycles. The van der Waals surface area contributed by atoms with Crippen LogP contribution in [0.1, 0.15) is 44.1 Å². The largest absolute Gasteiger partial charge is 0.391 e. The molecule has 4 bridgehead atoms. The molecule has 2 N–H and O–H groups in total. The summed E-state index contributed by atoms with van der Waals surface area (Å²) < 4.78 is 0. The van der Waals surface area contributed by atoms with Gasteiger partial charge in [-0.3, -0.25) is 9.78 Å². The Morgan fingerprint density at radius 3 is 2.30 bits per heavy atom. The first-order valence-electron chi connectivity index (χ1n) is 8.97. The van der Waals surface area contributed by atoms with Gasteiger partial charge in [-0.25, -0.2) is 0 Å². The van der Waals surface area contributed by atoms with E-state index >= 15 is 0 Å². The molecule has 1 heterocycles. The molecule has 1 aromatic heterocycles. The third kappa shape index (κ3) is 3.01. The first-order valence-corrected chi connectivity index (χ1v) is 8.97. The molecule has 0 aliphatic heterocycles. The van der Waals surface area contributed by atoms with Crippen LogP contribution in [0.15, 0.2) is 24.5 Å². The SMILES string of the molecule is O=C(Cc1ccncc1)NCC(O)C12CC3CC(CC(C3)C1)C2. The van der Waals surface area contributed by atoms with Crippen molar-refractivity contribution in [3.05, 3.63) is 30.1 Å². The van der Waals surface area contributed by atoms with Gasteiger partial charge in [-0.15, -0.1) is 0 Å². The van der Waals surface area contributed by atoms with E-state index in [1.165, 1.54) is 38.5 Å². The van der Waals surface area contributed by atoms with Crippen molar-refractivity contribution in [2.75, 3.05) is 6.54 Å². The van der Waals surface area contributed by atoms with Gasteiger partial charge in [-0.05, 0) is 79.4 Å². The normalized spacial score (nSPS) is 36.0. The van der Waals surface area contributed by atoms with Crippen molar-refractivity contribution in [3.63, 3.8) is 0 Å². The molecule has 5 rings (SSSR count). The summed E-state index contributed by atoms with van der Waals surface area (Å²) in [5.74, 6) is 2.45. The molecule has 0 spiro atoms. The van der Waals surface area contributed by atoms with Crippen LogP contribution >= 0.6 is 0 Å². The zero-order valence-electron chi connectivity index (χ0n) is 13.6. The number of hydrogen-bond acceptors (Lipinski definition) is 3. The fraction of sp³-hybridized carbons (Fsp3) is 0.684. The minimum atomic E-state index is -0.391. The Balaban J connectivity index is 1.33. The Hall–Kier alpha value is -1.42. The molecule has 0 radical (unpaired) electrons. The summed E-state index contributed by atoms with van der Waals surface area (Å²) in [7, 11) is 0. The van der Waals surface area contributed by atoms with Crippen molar-refractivity contribution in [2.45, 2.75) is 51.0 Å². The second-order valence-corrected chi connectivity index (χ2v) is 8.13. The fourth-order valence-electron chi connectivity index (χ4n) is 5.76. The van der Waals surface area contributed by atoms with Crippen LogP contribution in [-0.4, -0.2) is 28.6 Å². The number of carbonyl (C=O) groups is 1. The van der Waals surface area contributed by atoms with Crippen molar-refractivity contribution >= 4 is 5.91 Å². The summed E-state index contributed by atoms with van der Waals surface area (Å²) in [5.41, 5.74) is 1.04. The van der Waals surface area contributed by atoms with Crippen LogP contribution in [0.3, 0.4) is 0 Å². The average molecular weight is 314 g/mol. The zero-order valence-corrected chi connectivity index (χ0v) is 13.6. The maximum atomic E-state index is 12.1. The molecule has 4 nitrogen and oxygen atoms in total. The van der Waals surface area contributed by atoms with Crippen LogP contribution in [0.5, 0.6) is 0 Å². The zero-order chi connectivity index (χ0) is 15.9. The fourth-order valence-corrected chi connectivity index (χ4v) is 5.76. The van der Waals surface area contributed by atoms with Gasteiger partial charge in [-0.2, -0.15) is 0 Å². The maximum absolute atomic E-state index is 12.1. The monoisotopic (exact) mass is 314 g/mol. The molecule has 4 heteroatoms. The highest BCUT2D eigenvalue weighted by Gasteiger charge is 2.53. The first-order chi connectivity index (χ1) is 11.1. The molecule has 4 aliphatic rings. The quantitative estimate of drug-likeness (QED) is 0.877. The molecular weight excluding hydrogens is 288 g/mol. The predicted octanol–water partition coefficient (Wildman–Crippen LogP) is 2.32. The van der Waals surface area contributed by atoms with E-state index in [-0.39, 0.29) is 11.3 Å². The molecule has 4 saturated carbocycles. The number of aliphatic hydroxyl groups excluding tert-OH is 1. The van der Waals surface area contributed by atoms with Gasteiger partial charge in [0.2, 0.25) is 5.91 Å². The third-order valence-electron chi connectivity index (χ3n) is 6.40. The Kier molecular flexibility index (Phi) is 3.88. The van der Waals surface area contributed by atoms with Crippen LogP contribution in [0, 0.1) is 23.2 Å². The van der Waals surface area contributed by atoms with Gasteiger partial charge in [0.25, 0.3) is 0 Å². The van der Waals surface area contributed by atoms with Gasteiger partial charge < -0.3 is 10.4 Å². The summed E-state index contributed by atoms with van der Waals surface area (Å²) >= 11 is 0. The van der Waals surface area contributed by atoms with Crippen molar-refractivity contribution in [1.82, 2.24) is 10.3 Å². The van der Waals surface area contributed by atoms with Gasteiger partial charge in [0, 0.05) is 18.9 Å². The summed E-state index contributed by atoms with van der Waals surface area (Å²) in [4.78, 5) is 16.1. The third-order valence-corrected chi connectivity index (χ3v) is 6.40. The molecule has 1 unspecified atom stereocenters. The minimum Gasteiger partial charge on any atom is -0.391 e. The van der Waals surface area contributed by atoms with E-state index in [4.69, 9.17) is 0 Å². The molecule has 0 saturated heterocycles. The van der Waals surface area contributed by atoms with Crippen LogP contribution in [0.25, 0.3) is 0 Å². The second kappa shape index (κ2) is 5.90. The van der Waals surface area contributed by atoms with Gasteiger partial charge in [-0.1, -0.05) is 0 Å². The number of aliphatic hydroxyl groups is 1. The van der Waals surface area contributed by atoms with Gasteiger partial charge in [0.05, 0.1) is 12.5 Å². The molecule has 124 valence electrons. The molecule has 0 aromatic carbocycles. The molecule has 23 heavy (non-hydrogen) atoms. The smallest absolute Gasteiger partial charge is 0.224 e. The van der Waals surface area contributed by atoms with E-state index in [2.05, 4.69) is 10.3 Å². The Morgan fingerprint density at radius 2 is 1.74 bits per heavy atom. The molecule has 1 amide bonds. The highest BCUT2D eigenvalue weighted by Crippen LogP contribution is 2.61. The molecule has 1 aromatic rings. The van der Waals surface area contributed by atoms with E-state index < -0.39 is 6.10 Å². The molecule has 1 atom stereocenters. The second-order valence-electron chi connectivity index (χ2n) is 8.13. The summed E-state index contributed by atoms with van der Waals surface area (Å²) in [6, 6.07) is 3.71. The highest BCUT2D eigenvalue weighted by molar-refractivity contribution is 5.78. The van der Waals surface area contributed by atoms with E-state index in [1.807, 2.05) is 12.1 Å². The number of hydrogen-bond donors (Lipinski definition) is 2. The van der Waals surface area contributed by atoms with Gasteiger partial charge in [0.1, 0.15) is 0 Å². The summed E-state index contributed by atoms with van der Waals surface area (Å²) in [5, 5.41) is 13.8. The lowest BCUT2D eigenvalue weighted by Crippen LogP contribution is -2.54. The van der Waals surface area contributed by atoms with Crippen LogP contribution in [0.4, 0.5) is 0 Å². The number of nitrogens with one attached hydrogen (secondary N) is 1. The standard InChI is InChI=1S/C19H26N2O2/c22-17(12-21-18(23)8-13-1-3-20-4-2-13)19-9-14-5-15(10-19)7-16(6-14)11-19/h1-4,14-17,22H,5-12H2,(H,21,23). The molecular formula is C19H26N2O2. The predicted molar refractivity (Wildman–Crippen MR) is 87.6 cm³/mol. The Bertz CT molecular complexity index is 537. The van der Waals surface area contributed by atoms with Crippen LogP contribution in [-0.2, 0) is 11.2 Å². The topological polar surface area (TPSA) is 62.2 Å². The van der Waals surface area contributed by atoms with E-state index in [0.29, 0.717) is 13.0 Å².